The van der Waals surface area contributed by atoms with Crippen molar-refractivity contribution >= 4 is 5.97 Å². The van der Waals surface area contributed by atoms with Crippen molar-refractivity contribution in [1.29, 1.82) is 0 Å². The molecule has 28 heavy (non-hydrogen) atoms. The van der Waals surface area contributed by atoms with Crippen molar-refractivity contribution in [2.24, 2.45) is 5.92 Å². The van der Waals surface area contributed by atoms with Crippen LogP contribution in [0.2, 0.25) is 0 Å². The van der Waals surface area contributed by atoms with Gasteiger partial charge in [0.25, 0.3) is 0 Å². The molecule has 2 aliphatic heterocycles. The predicted octanol–water partition coefficient (Wildman–Crippen LogP) is 0.138. The molecular weight excluding hydrogens is 368 g/mol. The molecule has 1 aromatic heterocycles. The molecule has 9 heteroatoms. The molecule has 0 radical (unpaired) electrons. The molecule has 1 saturated carbocycles. The summed E-state index contributed by atoms with van der Waals surface area (Å²) in [6, 6.07) is 8.39. The highest BCUT2D eigenvalue weighted by Gasteiger charge is 2.81. The Morgan fingerprint density at radius 2 is 2.11 bits per heavy atom. The fourth-order valence-corrected chi connectivity index (χ4v) is 4.44. The lowest BCUT2D eigenvalue weighted by molar-refractivity contribution is -0.434. The highest BCUT2D eigenvalue weighted by molar-refractivity contribution is 5.90. The van der Waals surface area contributed by atoms with E-state index in [9.17, 15) is 19.8 Å². The Balaban J connectivity index is 1.42. The van der Waals surface area contributed by atoms with Crippen LogP contribution in [0.3, 0.4) is 0 Å². The van der Waals surface area contributed by atoms with Crippen molar-refractivity contribution in [2.45, 2.75) is 37.1 Å². The van der Waals surface area contributed by atoms with Gasteiger partial charge in [0.05, 0.1) is 18.1 Å². The molecule has 3 aliphatic rings. The molecule has 3 fully saturated rings. The predicted molar refractivity (Wildman–Crippen MR) is 92.5 cm³/mol. The van der Waals surface area contributed by atoms with Crippen LogP contribution >= 0.6 is 0 Å². The summed E-state index contributed by atoms with van der Waals surface area (Å²) in [6.07, 6.45) is 0.256. The molecule has 0 spiro atoms. The van der Waals surface area contributed by atoms with Crippen molar-refractivity contribution in [3.8, 4) is 5.88 Å². The Labute approximate surface area is 159 Å². The third kappa shape index (κ3) is 2.24. The van der Waals surface area contributed by atoms with Gasteiger partial charge in [-0.2, -0.15) is 4.98 Å². The van der Waals surface area contributed by atoms with Crippen LogP contribution in [0.15, 0.2) is 41.3 Å². The fourth-order valence-electron chi connectivity index (χ4n) is 4.44. The summed E-state index contributed by atoms with van der Waals surface area (Å²) in [5.41, 5.74) is -0.788. The molecule has 5 atom stereocenters. The third-order valence-electron chi connectivity index (χ3n) is 5.74. The first-order valence-electron chi connectivity index (χ1n) is 8.93. The maximum Gasteiger partial charge on any atom is 0.353 e. The van der Waals surface area contributed by atoms with Crippen molar-refractivity contribution in [3.63, 3.8) is 0 Å². The fraction of sp³-hybridized carbons (Fsp3) is 0.421. The Morgan fingerprint density at radius 3 is 2.75 bits per heavy atom. The second-order valence-electron chi connectivity index (χ2n) is 7.49. The van der Waals surface area contributed by atoms with Gasteiger partial charge in [-0.3, -0.25) is 4.57 Å². The second-order valence-corrected chi connectivity index (χ2v) is 7.49. The van der Waals surface area contributed by atoms with E-state index in [1.807, 2.05) is 0 Å². The lowest BCUT2D eigenvalue weighted by Gasteiger charge is -2.62. The maximum absolute atomic E-state index is 12.6. The van der Waals surface area contributed by atoms with E-state index in [1.54, 1.807) is 37.3 Å². The van der Waals surface area contributed by atoms with E-state index < -0.39 is 41.3 Å². The van der Waals surface area contributed by atoms with E-state index in [0.29, 0.717) is 11.1 Å². The summed E-state index contributed by atoms with van der Waals surface area (Å²) >= 11 is 0. The van der Waals surface area contributed by atoms with Crippen LogP contribution in [-0.4, -0.2) is 49.8 Å². The number of carbonyl (C=O) groups is 1. The highest BCUT2D eigenvalue weighted by Crippen LogP contribution is 2.67. The van der Waals surface area contributed by atoms with Gasteiger partial charge in [-0.15, -0.1) is 0 Å². The van der Waals surface area contributed by atoms with E-state index in [1.165, 1.54) is 10.8 Å². The molecule has 3 heterocycles. The molecule has 2 aromatic rings. The van der Waals surface area contributed by atoms with Gasteiger partial charge in [-0.05, 0) is 19.1 Å². The number of ether oxygens (including phenoxy) is 3. The molecule has 9 nitrogen and oxygen atoms in total. The van der Waals surface area contributed by atoms with Crippen LogP contribution in [0.1, 0.15) is 28.6 Å². The van der Waals surface area contributed by atoms with Gasteiger partial charge in [-0.1, -0.05) is 18.2 Å². The SMILES string of the molecule is Cc1cn([C@@H]2O[C@@]3(CO)CC4(O)OC2C43)c(=O)nc1OC(=O)c1ccccc1. The zero-order valence-electron chi connectivity index (χ0n) is 14.9. The topological polar surface area (TPSA) is 120 Å². The van der Waals surface area contributed by atoms with Gasteiger partial charge in [0.15, 0.2) is 12.0 Å². The maximum atomic E-state index is 12.6. The first-order chi connectivity index (χ1) is 13.4. The van der Waals surface area contributed by atoms with Crippen molar-refractivity contribution < 1.29 is 29.2 Å². The van der Waals surface area contributed by atoms with Gasteiger partial charge in [0.1, 0.15) is 11.7 Å². The first kappa shape index (κ1) is 17.5. The normalized spacial score (nSPS) is 34.9. The number of aromatic nitrogens is 2. The molecular formula is C19H18N2O7. The molecule has 0 bridgehead atoms. The number of esters is 1. The average molecular weight is 386 g/mol. The van der Waals surface area contributed by atoms with E-state index in [0.717, 1.165) is 0 Å². The van der Waals surface area contributed by atoms with E-state index in [4.69, 9.17) is 14.2 Å². The van der Waals surface area contributed by atoms with Crippen molar-refractivity contribution in [2.75, 3.05) is 6.61 Å². The molecule has 5 rings (SSSR count). The number of hydrogen-bond acceptors (Lipinski definition) is 8. The Morgan fingerprint density at radius 1 is 1.36 bits per heavy atom. The van der Waals surface area contributed by atoms with Gasteiger partial charge < -0.3 is 24.4 Å². The minimum Gasteiger partial charge on any atom is -0.403 e. The van der Waals surface area contributed by atoms with Crippen LogP contribution in [-0.2, 0) is 9.47 Å². The van der Waals surface area contributed by atoms with E-state index >= 15 is 0 Å². The van der Waals surface area contributed by atoms with Crippen molar-refractivity contribution in [3.05, 3.63) is 58.1 Å². The van der Waals surface area contributed by atoms with Gasteiger partial charge in [0.2, 0.25) is 5.88 Å². The zero-order chi connectivity index (χ0) is 19.7. The summed E-state index contributed by atoms with van der Waals surface area (Å²) in [6.45, 7) is 1.38. The third-order valence-corrected chi connectivity index (χ3v) is 5.74. The molecule has 0 amide bonds. The number of nitrogens with zero attached hydrogens (tertiary/aromatic N) is 2. The molecule has 1 aromatic carbocycles. The van der Waals surface area contributed by atoms with Crippen LogP contribution in [0.25, 0.3) is 0 Å². The lowest BCUT2D eigenvalue weighted by atomic mass is 9.59. The summed E-state index contributed by atoms with van der Waals surface area (Å²) in [4.78, 5) is 28.7. The van der Waals surface area contributed by atoms with Gasteiger partial charge in [0, 0.05) is 18.2 Å². The van der Waals surface area contributed by atoms with Crippen LogP contribution in [0.5, 0.6) is 5.88 Å². The van der Waals surface area contributed by atoms with Crippen molar-refractivity contribution in [1.82, 2.24) is 9.55 Å². The molecule has 2 saturated heterocycles. The van der Waals surface area contributed by atoms with E-state index in [2.05, 4.69) is 4.98 Å². The average Bonchev–Trinajstić information content (AvgIpc) is 2.80. The Bertz CT molecular complexity index is 1020. The first-order valence-corrected chi connectivity index (χ1v) is 8.93. The standard InChI is InChI=1S/C19H18N2O7/c1-10-7-21(15-12-13-18(9-22,28-15)8-19(13,25)27-12)17(24)20-14(10)26-16(23)11-5-3-2-4-6-11/h2-7,12-13,15,22,25H,8-9H2,1H3/t12?,13?,15-,18-,19?/m1/s1. The van der Waals surface area contributed by atoms with Gasteiger partial charge >= 0.3 is 11.7 Å². The summed E-state index contributed by atoms with van der Waals surface area (Å²) in [7, 11) is 0. The number of rotatable bonds is 4. The number of aliphatic hydroxyl groups is 2. The Hall–Kier alpha value is -2.59. The van der Waals surface area contributed by atoms with Gasteiger partial charge in [-0.25, -0.2) is 9.59 Å². The number of carbonyl (C=O) groups excluding carboxylic acids is 1. The quantitative estimate of drug-likeness (QED) is 0.712. The molecule has 146 valence electrons. The Kier molecular flexibility index (Phi) is 3.57. The van der Waals surface area contributed by atoms with E-state index in [-0.39, 0.29) is 18.9 Å². The molecule has 2 N–H and O–H groups in total. The molecule has 1 aliphatic carbocycles. The summed E-state index contributed by atoms with van der Waals surface area (Å²) < 4.78 is 17.9. The zero-order valence-corrected chi connectivity index (χ0v) is 14.9. The van der Waals surface area contributed by atoms with Crippen LogP contribution in [0.4, 0.5) is 0 Å². The minimum absolute atomic E-state index is 0.0843. The number of benzene rings is 1. The lowest BCUT2D eigenvalue weighted by Crippen LogP contribution is -2.77. The summed E-state index contributed by atoms with van der Waals surface area (Å²) in [5, 5.41) is 19.9. The second kappa shape index (κ2) is 5.71. The molecule has 3 unspecified atom stereocenters. The number of aryl methyl sites for hydroxylation is 1. The minimum atomic E-state index is -1.29. The monoisotopic (exact) mass is 386 g/mol. The van der Waals surface area contributed by atoms with Crippen LogP contribution in [0, 0.1) is 12.8 Å². The smallest absolute Gasteiger partial charge is 0.353 e. The number of aliphatic hydroxyl groups excluding tert-OH is 1. The highest BCUT2D eigenvalue weighted by atomic mass is 16.7. The number of hydrogen-bond donors (Lipinski definition) is 2. The largest absolute Gasteiger partial charge is 0.403 e. The van der Waals surface area contributed by atoms with Crippen LogP contribution < -0.4 is 10.4 Å². The summed E-state index contributed by atoms with van der Waals surface area (Å²) in [5.74, 6) is -2.38.